The molecule has 110 valence electrons. The number of nitrogens with one attached hydrogen (secondary N) is 1. The molecular weight excluding hydrogens is 244 g/mol. The summed E-state index contributed by atoms with van der Waals surface area (Å²) in [7, 11) is 0. The van der Waals surface area contributed by atoms with Crippen LogP contribution in [-0.4, -0.2) is 29.1 Å². The fourth-order valence-corrected chi connectivity index (χ4v) is 3.55. The van der Waals surface area contributed by atoms with E-state index in [1.165, 1.54) is 24.8 Å². The molecule has 1 heterocycles. The molecule has 0 radical (unpaired) electrons. The molecule has 0 aromatic heterocycles. The van der Waals surface area contributed by atoms with Gasteiger partial charge in [-0.05, 0) is 44.6 Å². The van der Waals surface area contributed by atoms with Gasteiger partial charge in [-0.25, -0.2) is 0 Å². The Morgan fingerprint density at radius 2 is 1.90 bits per heavy atom. The summed E-state index contributed by atoms with van der Waals surface area (Å²) in [6, 6.07) is 10.9. The van der Waals surface area contributed by atoms with E-state index in [1.54, 1.807) is 0 Å². The van der Waals surface area contributed by atoms with Crippen LogP contribution in [0.25, 0.3) is 0 Å². The molecule has 2 nitrogen and oxygen atoms in total. The predicted molar refractivity (Wildman–Crippen MR) is 84.7 cm³/mol. The summed E-state index contributed by atoms with van der Waals surface area (Å²) in [6.45, 7) is 10.5. The van der Waals surface area contributed by atoms with Crippen LogP contribution in [0.4, 0.5) is 0 Å². The lowest BCUT2D eigenvalue weighted by atomic mass is 9.84. The normalized spacial score (nSPS) is 35.1. The smallest absolute Gasteiger partial charge is 0.0338 e. The molecule has 2 aliphatic rings. The van der Waals surface area contributed by atoms with Gasteiger partial charge >= 0.3 is 0 Å². The van der Waals surface area contributed by atoms with Crippen LogP contribution in [0.3, 0.4) is 0 Å². The summed E-state index contributed by atoms with van der Waals surface area (Å²) >= 11 is 0. The monoisotopic (exact) mass is 272 g/mol. The fourth-order valence-electron chi connectivity index (χ4n) is 3.55. The second kappa shape index (κ2) is 5.16. The van der Waals surface area contributed by atoms with Crippen molar-refractivity contribution >= 4 is 0 Å². The number of nitrogens with zero attached hydrogens (tertiary/aromatic N) is 1. The van der Waals surface area contributed by atoms with E-state index in [0.717, 1.165) is 25.6 Å². The van der Waals surface area contributed by atoms with E-state index in [0.29, 0.717) is 5.54 Å². The molecule has 1 saturated heterocycles. The van der Waals surface area contributed by atoms with Gasteiger partial charge in [-0.2, -0.15) is 0 Å². The summed E-state index contributed by atoms with van der Waals surface area (Å²) in [5.41, 5.74) is 2.05. The number of hydrogen-bond acceptors (Lipinski definition) is 2. The van der Waals surface area contributed by atoms with E-state index in [1.807, 2.05) is 0 Å². The highest BCUT2D eigenvalue weighted by Gasteiger charge is 2.50. The fraction of sp³-hybridized carbons (Fsp3) is 0.667. The van der Waals surface area contributed by atoms with E-state index < -0.39 is 0 Å². The quantitative estimate of drug-likeness (QED) is 0.903. The topological polar surface area (TPSA) is 15.3 Å². The van der Waals surface area contributed by atoms with Crippen molar-refractivity contribution in [3.05, 3.63) is 35.9 Å². The predicted octanol–water partition coefficient (Wildman–Crippen LogP) is 3.43. The Hall–Kier alpha value is -0.860. The van der Waals surface area contributed by atoms with Crippen LogP contribution in [0.15, 0.2) is 30.3 Å². The maximum atomic E-state index is 3.83. The van der Waals surface area contributed by atoms with Gasteiger partial charge in [0.25, 0.3) is 0 Å². The van der Waals surface area contributed by atoms with Crippen molar-refractivity contribution in [2.45, 2.75) is 57.7 Å². The third-order valence-electron chi connectivity index (χ3n) is 5.59. The summed E-state index contributed by atoms with van der Waals surface area (Å²) in [6.07, 6.45) is 4.01. The minimum Gasteiger partial charge on any atom is -0.308 e. The highest BCUT2D eigenvalue weighted by Crippen LogP contribution is 2.45. The van der Waals surface area contributed by atoms with Gasteiger partial charge in [0.05, 0.1) is 0 Å². The Balaban J connectivity index is 1.81. The van der Waals surface area contributed by atoms with Crippen molar-refractivity contribution in [2.75, 3.05) is 13.1 Å². The first-order chi connectivity index (χ1) is 9.56. The van der Waals surface area contributed by atoms with Gasteiger partial charge in [0.1, 0.15) is 0 Å². The SMILES string of the molecule is CCC1(C)CN(Cc2ccccc2)C(C)(C2CC2)CN1. The third kappa shape index (κ3) is 2.64. The number of benzene rings is 1. The zero-order valence-corrected chi connectivity index (χ0v) is 13.2. The lowest BCUT2D eigenvalue weighted by Gasteiger charge is -2.53. The Labute approximate surface area is 123 Å². The maximum Gasteiger partial charge on any atom is 0.0338 e. The summed E-state index contributed by atoms with van der Waals surface area (Å²) < 4.78 is 0. The standard InChI is InChI=1S/C18H28N2/c1-4-17(2)14-20(12-15-8-6-5-7-9-15)18(3,13-19-17)16-10-11-16/h5-9,16,19H,4,10-14H2,1-3H3. The molecule has 1 aliphatic heterocycles. The van der Waals surface area contributed by atoms with Crippen LogP contribution < -0.4 is 5.32 Å². The second-order valence-electron chi connectivity index (χ2n) is 7.24. The van der Waals surface area contributed by atoms with Gasteiger partial charge in [-0.3, -0.25) is 4.90 Å². The van der Waals surface area contributed by atoms with Gasteiger partial charge in [-0.1, -0.05) is 37.3 Å². The van der Waals surface area contributed by atoms with Crippen LogP contribution in [0.1, 0.15) is 45.6 Å². The van der Waals surface area contributed by atoms with Crippen LogP contribution >= 0.6 is 0 Å². The molecule has 3 rings (SSSR count). The minimum atomic E-state index is 0.267. The molecule has 1 N–H and O–H groups in total. The van der Waals surface area contributed by atoms with Crippen LogP contribution in [0, 0.1) is 5.92 Å². The number of hydrogen-bond donors (Lipinski definition) is 1. The molecule has 2 fully saturated rings. The summed E-state index contributed by atoms with van der Waals surface area (Å²) in [4.78, 5) is 2.75. The Kier molecular flexibility index (Phi) is 3.64. The average Bonchev–Trinajstić information content (AvgIpc) is 3.29. The summed E-state index contributed by atoms with van der Waals surface area (Å²) in [5.74, 6) is 0.889. The van der Waals surface area contributed by atoms with Crippen LogP contribution in [-0.2, 0) is 6.54 Å². The molecule has 0 bridgehead atoms. The number of rotatable bonds is 4. The van der Waals surface area contributed by atoms with E-state index >= 15 is 0 Å². The van der Waals surface area contributed by atoms with E-state index in [4.69, 9.17) is 0 Å². The molecule has 2 atom stereocenters. The van der Waals surface area contributed by atoms with Crippen LogP contribution in [0.5, 0.6) is 0 Å². The van der Waals surface area contributed by atoms with Crippen molar-refractivity contribution in [1.82, 2.24) is 10.2 Å². The lowest BCUT2D eigenvalue weighted by molar-refractivity contribution is -0.00134. The van der Waals surface area contributed by atoms with Gasteiger partial charge in [0.2, 0.25) is 0 Å². The zero-order chi connectivity index (χ0) is 14.2. The van der Waals surface area contributed by atoms with Gasteiger partial charge in [-0.15, -0.1) is 0 Å². The molecule has 1 aliphatic carbocycles. The highest BCUT2D eigenvalue weighted by atomic mass is 15.3. The summed E-state index contributed by atoms with van der Waals surface area (Å²) in [5, 5.41) is 3.83. The highest BCUT2D eigenvalue weighted by molar-refractivity contribution is 5.17. The maximum absolute atomic E-state index is 3.83. The largest absolute Gasteiger partial charge is 0.308 e. The molecule has 1 saturated carbocycles. The Bertz CT molecular complexity index is 454. The van der Waals surface area contributed by atoms with Crippen molar-refractivity contribution in [2.24, 2.45) is 5.92 Å². The van der Waals surface area contributed by atoms with Gasteiger partial charge in [0, 0.05) is 30.7 Å². The first-order valence-electron chi connectivity index (χ1n) is 8.10. The van der Waals surface area contributed by atoms with Gasteiger partial charge in [0.15, 0.2) is 0 Å². The van der Waals surface area contributed by atoms with Crippen molar-refractivity contribution in [3.63, 3.8) is 0 Å². The Morgan fingerprint density at radius 1 is 1.20 bits per heavy atom. The molecule has 2 heteroatoms. The van der Waals surface area contributed by atoms with E-state index in [9.17, 15) is 0 Å². The second-order valence-corrected chi connectivity index (χ2v) is 7.24. The first kappa shape index (κ1) is 14.1. The first-order valence-corrected chi connectivity index (χ1v) is 8.10. The molecule has 0 amide bonds. The third-order valence-corrected chi connectivity index (χ3v) is 5.59. The van der Waals surface area contributed by atoms with Crippen molar-refractivity contribution < 1.29 is 0 Å². The molecule has 1 aromatic rings. The lowest BCUT2D eigenvalue weighted by Crippen LogP contribution is -2.68. The molecule has 1 aromatic carbocycles. The minimum absolute atomic E-state index is 0.267. The molecular formula is C18H28N2. The molecule has 20 heavy (non-hydrogen) atoms. The van der Waals surface area contributed by atoms with Crippen LogP contribution in [0.2, 0.25) is 0 Å². The Morgan fingerprint density at radius 3 is 2.50 bits per heavy atom. The van der Waals surface area contributed by atoms with Crippen molar-refractivity contribution in [1.29, 1.82) is 0 Å². The zero-order valence-electron chi connectivity index (χ0n) is 13.2. The number of piperazine rings is 1. The average molecular weight is 272 g/mol. The van der Waals surface area contributed by atoms with Crippen molar-refractivity contribution in [3.8, 4) is 0 Å². The van der Waals surface area contributed by atoms with Gasteiger partial charge < -0.3 is 5.32 Å². The molecule has 0 spiro atoms. The molecule has 2 unspecified atom stereocenters. The van der Waals surface area contributed by atoms with E-state index in [-0.39, 0.29) is 5.54 Å². The van der Waals surface area contributed by atoms with E-state index in [2.05, 4.69) is 61.3 Å².